The summed E-state index contributed by atoms with van der Waals surface area (Å²) in [6.07, 6.45) is 2.08. The van der Waals surface area contributed by atoms with E-state index in [2.05, 4.69) is 25.0 Å². The number of nitrogens with zero attached hydrogens (tertiary/aromatic N) is 5. The highest BCUT2D eigenvalue weighted by molar-refractivity contribution is 7.99. The van der Waals surface area contributed by atoms with Gasteiger partial charge >= 0.3 is 0 Å². The van der Waals surface area contributed by atoms with Crippen molar-refractivity contribution in [3.8, 4) is 0 Å². The summed E-state index contributed by atoms with van der Waals surface area (Å²) >= 11 is 1.22. The molecule has 2 aromatic rings. The number of rotatable bonds is 7. The molecule has 1 aromatic heterocycles. The molecule has 29 heavy (non-hydrogen) atoms. The molecule has 2 fully saturated rings. The minimum atomic E-state index is -0.739. The van der Waals surface area contributed by atoms with Crippen LogP contribution in [0.4, 0.5) is 21.7 Å². The average Bonchev–Trinajstić information content (AvgIpc) is 3.47. The van der Waals surface area contributed by atoms with Gasteiger partial charge in [0.15, 0.2) is 5.16 Å². The molecule has 12 heteroatoms. The molecule has 2 heterocycles. The number of hydrogen-bond donors (Lipinski definition) is 1. The highest BCUT2D eigenvalue weighted by Gasteiger charge is 2.32. The Balaban J connectivity index is 1.44. The molecule has 0 radical (unpaired) electrons. The van der Waals surface area contributed by atoms with Crippen LogP contribution in [0.5, 0.6) is 0 Å². The van der Waals surface area contributed by atoms with Crippen LogP contribution in [-0.2, 0) is 9.53 Å². The van der Waals surface area contributed by atoms with Crippen LogP contribution >= 0.6 is 11.8 Å². The van der Waals surface area contributed by atoms with E-state index in [4.69, 9.17) is 4.74 Å². The van der Waals surface area contributed by atoms with Crippen LogP contribution in [0.15, 0.2) is 23.4 Å². The molecule has 0 spiro atoms. The van der Waals surface area contributed by atoms with Gasteiger partial charge in [0.2, 0.25) is 11.9 Å². The predicted octanol–water partition coefficient (Wildman–Crippen LogP) is 2.23. The van der Waals surface area contributed by atoms with E-state index in [0.29, 0.717) is 24.4 Å². The molecular weight excluding hydrogens is 403 g/mol. The Morgan fingerprint density at radius 3 is 2.79 bits per heavy atom. The van der Waals surface area contributed by atoms with E-state index in [1.165, 1.54) is 17.8 Å². The van der Waals surface area contributed by atoms with Crippen LogP contribution in [0.1, 0.15) is 18.9 Å². The summed E-state index contributed by atoms with van der Waals surface area (Å²) in [6, 6.07) is 3.35. The number of thioether (sulfide) groups is 1. The molecule has 2 aliphatic rings. The number of carbonyl (C=O) groups excluding carboxylic acids is 1. The molecule has 154 valence electrons. The van der Waals surface area contributed by atoms with Crippen LogP contribution in [0.25, 0.3) is 0 Å². The molecule has 1 aliphatic carbocycles. The second-order valence-corrected chi connectivity index (χ2v) is 7.68. The molecule has 1 saturated heterocycles. The van der Waals surface area contributed by atoms with Crippen LogP contribution in [0.2, 0.25) is 0 Å². The van der Waals surface area contributed by atoms with Crippen LogP contribution in [0.3, 0.4) is 0 Å². The van der Waals surface area contributed by atoms with Crippen molar-refractivity contribution in [3.63, 3.8) is 0 Å². The molecular formula is C17H19FN6O4S. The second kappa shape index (κ2) is 8.33. The topological polar surface area (TPSA) is 115 Å². The van der Waals surface area contributed by atoms with Gasteiger partial charge in [0.25, 0.3) is 5.69 Å². The molecule has 1 amide bonds. The molecule has 0 unspecified atom stereocenters. The Bertz CT molecular complexity index is 929. The number of hydrogen-bond acceptors (Lipinski definition) is 8. The number of ether oxygens (including phenoxy) is 1. The lowest BCUT2D eigenvalue weighted by Crippen LogP contribution is -2.38. The van der Waals surface area contributed by atoms with E-state index in [1.54, 1.807) is 0 Å². The molecule has 4 rings (SSSR count). The summed E-state index contributed by atoms with van der Waals surface area (Å²) < 4.78 is 20.7. The fourth-order valence-corrected chi connectivity index (χ4v) is 3.88. The maximum atomic E-state index is 13.2. The van der Waals surface area contributed by atoms with Crippen molar-refractivity contribution in [1.82, 2.24) is 14.8 Å². The first-order chi connectivity index (χ1) is 14.0. The van der Waals surface area contributed by atoms with E-state index in [0.717, 1.165) is 44.0 Å². The first-order valence-corrected chi connectivity index (χ1v) is 10.2. The van der Waals surface area contributed by atoms with Crippen molar-refractivity contribution in [1.29, 1.82) is 0 Å². The first-order valence-electron chi connectivity index (χ1n) is 9.17. The fourth-order valence-electron chi connectivity index (χ4n) is 3.08. The highest BCUT2D eigenvalue weighted by Crippen LogP contribution is 2.41. The molecule has 1 aromatic carbocycles. The normalized spacial score (nSPS) is 16.7. The van der Waals surface area contributed by atoms with Gasteiger partial charge < -0.3 is 15.0 Å². The lowest BCUT2D eigenvalue weighted by molar-refractivity contribution is -0.384. The van der Waals surface area contributed by atoms with Gasteiger partial charge in [-0.1, -0.05) is 11.8 Å². The van der Waals surface area contributed by atoms with Crippen molar-refractivity contribution in [2.45, 2.75) is 24.0 Å². The van der Waals surface area contributed by atoms with E-state index >= 15 is 0 Å². The molecule has 10 nitrogen and oxygen atoms in total. The minimum absolute atomic E-state index is 0.00248. The Labute approximate surface area is 169 Å². The van der Waals surface area contributed by atoms with Gasteiger partial charge in [0.05, 0.1) is 30.0 Å². The fraction of sp³-hybridized carbons (Fsp3) is 0.471. The van der Waals surface area contributed by atoms with Crippen molar-refractivity contribution in [2.75, 3.05) is 42.3 Å². The minimum Gasteiger partial charge on any atom is -0.378 e. The Kier molecular flexibility index (Phi) is 5.62. The number of nitro benzene ring substituents is 1. The highest BCUT2D eigenvalue weighted by atomic mass is 32.2. The number of amides is 1. The summed E-state index contributed by atoms with van der Waals surface area (Å²) in [4.78, 5) is 24.8. The monoisotopic (exact) mass is 422 g/mol. The van der Waals surface area contributed by atoms with E-state index in [9.17, 15) is 19.3 Å². The second-order valence-electron chi connectivity index (χ2n) is 6.74. The summed E-state index contributed by atoms with van der Waals surface area (Å²) in [5, 5.41) is 22.7. The number of morpholine rings is 1. The molecule has 1 N–H and O–H groups in total. The van der Waals surface area contributed by atoms with Gasteiger partial charge in [-0.05, 0) is 25.0 Å². The SMILES string of the molecule is O=C(CSc1nnc(N2CCOCC2)n1C1CC1)Nc1ccc(F)cc1[N+](=O)[O-]. The third-order valence-corrected chi connectivity index (χ3v) is 5.56. The largest absolute Gasteiger partial charge is 0.378 e. The summed E-state index contributed by atoms with van der Waals surface area (Å²) in [5.41, 5.74) is -0.529. The van der Waals surface area contributed by atoms with Gasteiger partial charge in [-0.2, -0.15) is 0 Å². The standard InChI is InChI=1S/C17H19FN6O4S/c18-11-1-4-13(14(9-11)24(26)27)19-15(25)10-29-17-21-20-16(23(17)12-2-3-12)22-5-7-28-8-6-22/h1,4,9,12H,2-3,5-8,10H2,(H,19,25). The Hall–Kier alpha value is -2.73. The third-order valence-electron chi connectivity index (χ3n) is 4.62. The van der Waals surface area contributed by atoms with Gasteiger partial charge in [-0.3, -0.25) is 19.5 Å². The number of anilines is 2. The number of nitrogens with one attached hydrogen (secondary N) is 1. The third kappa shape index (κ3) is 4.48. The first kappa shape index (κ1) is 19.6. The zero-order valence-electron chi connectivity index (χ0n) is 15.4. The quantitative estimate of drug-likeness (QED) is 0.410. The van der Waals surface area contributed by atoms with E-state index in [1.807, 2.05) is 0 Å². The summed E-state index contributed by atoms with van der Waals surface area (Å²) in [6.45, 7) is 2.76. The van der Waals surface area contributed by atoms with Crippen LogP contribution in [-0.4, -0.2) is 57.7 Å². The predicted molar refractivity (Wildman–Crippen MR) is 104 cm³/mol. The van der Waals surface area contributed by atoms with Gasteiger partial charge in [-0.15, -0.1) is 10.2 Å². The number of nitro groups is 1. The molecule has 1 saturated carbocycles. The van der Waals surface area contributed by atoms with Crippen molar-refractivity contribution in [2.24, 2.45) is 0 Å². The van der Waals surface area contributed by atoms with Crippen LogP contribution < -0.4 is 10.2 Å². The van der Waals surface area contributed by atoms with Gasteiger partial charge in [0.1, 0.15) is 11.5 Å². The average molecular weight is 422 g/mol. The van der Waals surface area contributed by atoms with Gasteiger partial charge in [-0.25, -0.2) is 4.39 Å². The zero-order chi connectivity index (χ0) is 20.4. The van der Waals surface area contributed by atoms with Crippen LogP contribution in [0, 0.1) is 15.9 Å². The summed E-state index contributed by atoms with van der Waals surface area (Å²) in [7, 11) is 0. The molecule has 0 bridgehead atoms. The van der Waals surface area contributed by atoms with Gasteiger partial charge in [0, 0.05) is 19.1 Å². The maximum absolute atomic E-state index is 13.2. The van der Waals surface area contributed by atoms with E-state index in [-0.39, 0.29) is 11.4 Å². The van der Waals surface area contributed by atoms with Crippen molar-refractivity contribution >= 4 is 35.0 Å². The number of aromatic nitrogens is 3. The zero-order valence-corrected chi connectivity index (χ0v) is 16.2. The Morgan fingerprint density at radius 1 is 1.34 bits per heavy atom. The maximum Gasteiger partial charge on any atom is 0.295 e. The molecule has 0 atom stereocenters. The summed E-state index contributed by atoms with van der Waals surface area (Å²) in [5.74, 6) is -0.393. The molecule has 1 aliphatic heterocycles. The number of benzene rings is 1. The number of halogens is 1. The Morgan fingerprint density at radius 2 is 2.10 bits per heavy atom. The lowest BCUT2D eigenvalue weighted by atomic mass is 10.2. The number of carbonyl (C=O) groups is 1. The van der Waals surface area contributed by atoms with E-state index < -0.39 is 22.3 Å². The lowest BCUT2D eigenvalue weighted by Gasteiger charge is -2.27. The smallest absolute Gasteiger partial charge is 0.295 e. The van der Waals surface area contributed by atoms with Crippen molar-refractivity contribution in [3.05, 3.63) is 34.1 Å². The van der Waals surface area contributed by atoms with Crippen molar-refractivity contribution < 1.29 is 18.8 Å².